The predicted octanol–water partition coefficient (Wildman–Crippen LogP) is 2.62. The first-order valence-corrected chi connectivity index (χ1v) is 10.2. The molecule has 6 nitrogen and oxygen atoms in total. The fourth-order valence-electron chi connectivity index (χ4n) is 2.17. The van der Waals surface area contributed by atoms with Crippen LogP contribution in [0, 0.1) is 0 Å². The molecule has 142 valence electrons. The van der Waals surface area contributed by atoms with Crippen LogP contribution in [-0.2, 0) is 16.6 Å². The van der Waals surface area contributed by atoms with Crippen LogP contribution in [0.2, 0.25) is 0 Å². The predicted molar refractivity (Wildman–Crippen MR) is 104 cm³/mol. The summed E-state index contributed by atoms with van der Waals surface area (Å²) in [4.78, 5) is 4.82. The number of sulfonamides is 1. The van der Waals surface area contributed by atoms with Gasteiger partial charge in [0, 0.05) is 18.1 Å². The maximum absolute atomic E-state index is 12.7. The minimum absolute atomic E-state index is 0.271. The van der Waals surface area contributed by atoms with Crippen LogP contribution in [0.5, 0.6) is 0 Å². The molecule has 1 aromatic carbocycles. The van der Waals surface area contributed by atoms with Crippen molar-refractivity contribution in [1.29, 1.82) is 0 Å². The molecule has 1 atom stereocenters. The van der Waals surface area contributed by atoms with Crippen molar-refractivity contribution in [3.8, 4) is 0 Å². The van der Waals surface area contributed by atoms with Crippen molar-refractivity contribution in [1.82, 2.24) is 15.4 Å². The van der Waals surface area contributed by atoms with Gasteiger partial charge in [0.25, 0.3) is 0 Å². The van der Waals surface area contributed by atoms with Gasteiger partial charge >= 0.3 is 0 Å². The van der Waals surface area contributed by atoms with E-state index >= 15 is 0 Å². The summed E-state index contributed by atoms with van der Waals surface area (Å²) in [7, 11) is -3.60. The minimum Gasteiger partial charge on any atom is -0.357 e. The van der Waals surface area contributed by atoms with Crippen LogP contribution in [0.15, 0.2) is 34.2 Å². The molecule has 0 amide bonds. The third-order valence-electron chi connectivity index (χ3n) is 3.45. The highest BCUT2D eigenvalue weighted by atomic mass is 32.2. The van der Waals surface area contributed by atoms with Crippen LogP contribution in [0.25, 0.3) is 0 Å². The van der Waals surface area contributed by atoms with Gasteiger partial charge in [0.15, 0.2) is 5.96 Å². The number of benzene rings is 1. The summed E-state index contributed by atoms with van der Waals surface area (Å²) in [6.07, 6.45) is 0.977. The molecule has 3 N–H and O–H groups in total. The van der Waals surface area contributed by atoms with Crippen LogP contribution in [-0.4, -0.2) is 32.5 Å². The van der Waals surface area contributed by atoms with E-state index in [4.69, 9.17) is 0 Å². The van der Waals surface area contributed by atoms with Gasteiger partial charge in [0.2, 0.25) is 10.0 Å². The summed E-state index contributed by atoms with van der Waals surface area (Å²) in [6.45, 7) is 12.7. The molecule has 0 bridgehead atoms. The van der Waals surface area contributed by atoms with Crippen molar-refractivity contribution < 1.29 is 8.42 Å². The molecule has 0 radical (unpaired) electrons. The lowest BCUT2D eigenvalue weighted by Gasteiger charge is -2.21. The first kappa shape index (κ1) is 21.4. The molecule has 1 aromatic rings. The van der Waals surface area contributed by atoms with E-state index in [1.807, 2.05) is 33.8 Å². The van der Waals surface area contributed by atoms with Gasteiger partial charge in [-0.15, -0.1) is 0 Å². The van der Waals surface area contributed by atoms with Crippen molar-refractivity contribution in [2.75, 3.05) is 6.54 Å². The Labute approximate surface area is 152 Å². The molecular weight excluding hydrogens is 336 g/mol. The highest BCUT2D eigenvalue weighted by Crippen LogP contribution is 2.18. The van der Waals surface area contributed by atoms with Crippen LogP contribution < -0.4 is 15.4 Å². The fourth-order valence-corrected chi connectivity index (χ4v) is 3.83. The molecule has 0 spiro atoms. The summed E-state index contributed by atoms with van der Waals surface area (Å²) < 4.78 is 28.0. The quantitative estimate of drug-likeness (QED) is 0.510. The third kappa shape index (κ3) is 7.44. The molecule has 0 aliphatic rings. The summed E-state index contributed by atoms with van der Waals surface area (Å²) >= 11 is 0. The van der Waals surface area contributed by atoms with E-state index in [9.17, 15) is 8.42 Å². The number of hydrogen-bond donors (Lipinski definition) is 3. The lowest BCUT2D eigenvalue weighted by molar-refractivity contribution is 0.491. The highest BCUT2D eigenvalue weighted by molar-refractivity contribution is 7.89. The standard InChI is InChI=1S/C18H32N4O2S/c1-7-14(3)21-17(19-8-2)20-13-15-11-9-10-12-16(15)25(23,24)22-18(4,5)6/h9-12,14,22H,7-8,13H2,1-6H3,(H2,19,20,21). The highest BCUT2D eigenvalue weighted by Gasteiger charge is 2.24. The average molecular weight is 369 g/mol. The van der Waals surface area contributed by atoms with Crippen LogP contribution in [0.4, 0.5) is 0 Å². The van der Waals surface area contributed by atoms with Crippen LogP contribution in [0.3, 0.4) is 0 Å². The van der Waals surface area contributed by atoms with Crippen LogP contribution >= 0.6 is 0 Å². The Kier molecular flexibility index (Phi) is 7.89. The lowest BCUT2D eigenvalue weighted by Crippen LogP contribution is -2.42. The Balaban J connectivity index is 3.08. The van der Waals surface area contributed by atoms with Crippen molar-refractivity contribution in [3.05, 3.63) is 29.8 Å². The molecule has 0 aliphatic heterocycles. The molecule has 0 saturated carbocycles. The Morgan fingerprint density at radius 3 is 2.40 bits per heavy atom. The summed E-state index contributed by atoms with van der Waals surface area (Å²) in [5.74, 6) is 0.688. The molecule has 1 rings (SSSR count). The molecule has 0 heterocycles. The van der Waals surface area contributed by atoms with Gasteiger partial charge in [-0.2, -0.15) is 0 Å². The third-order valence-corrected chi connectivity index (χ3v) is 5.31. The zero-order valence-electron chi connectivity index (χ0n) is 16.2. The molecule has 0 aromatic heterocycles. The second-order valence-corrected chi connectivity index (χ2v) is 8.76. The number of aliphatic imine (C=N–C) groups is 1. The van der Waals surface area contributed by atoms with E-state index in [1.165, 1.54) is 0 Å². The van der Waals surface area contributed by atoms with Gasteiger partial charge in [0.05, 0.1) is 11.4 Å². The monoisotopic (exact) mass is 368 g/mol. The van der Waals surface area contributed by atoms with E-state index in [-0.39, 0.29) is 11.4 Å². The number of nitrogens with zero attached hydrogens (tertiary/aromatic N) is 1. The van der Waals surface area contributed by atoms with Crippen LogP contribution in [0.1, 0.15) is 53.5 Å². The lowest BCUT2D eigenvalue weighted by atomic mass is 10.1. The smallest absolute Gasteiger partial charge is 0.241 e. The second-order valence-electron chi connectivity index (χ2n) is 7.11. The number of guanidine groups is 1. The zero-order valence-corrected chi connectivity index (χ0v) is 17.0. The Hall–Kier alpha value is -1.60. The van der Waals surface area contributed by atoms with Crippen molar-refractivity contribution in [2.45, 2.75) is 71.0 Å². The van der Waals surface area contributed by atoms with E-state index in [2.05, 4.69) is 34.2 Å². The van der Waals surface area contributed by atoms with Gasteiger partial charge < -0.3 is 10.6 Å². The molecular formula is C18H32N4O2S. The van der Waals surface area contributed by atoms with Crippen molar-refractivity contribution in [3.63, 3.8) is 0 Å². The molecule has 0 aliphatic carbocycles. The van der Waals surface area contributed by atoms with E-state index in [0.29, 0.717) is 17.6 Å². The summed E-state index contributed by atoms with van der Waals surface area (Å²) in [5.41, 5.74) is 0.128. The molecule has 1 unspecified atom stereocenters. The minimum atomic E-state index is -3.60. The normalized spacial score (nSPS) is 14.2. The topological polar surface area (TPSA) is 82.6 Å². The first-order valence-electron chi connectivity index (χ1n) is 8.75. The summed E-state index contributed by atoms with van der Waals surface area (Å²) in [6, 6.07) is 7.27. The molecule has 7 heteroatoms. The maximum atomic E-state index is 12.7. The summed E-state index contributed by atoms with van der Waals surface area (Å²) in [5, 5.41) is 6.50. The average Bonchev–Trinajstić information content (AvgIpc) is 2.50. The van der Waals surface area contributed by atoms with E-state index in [1.54, 1.807) is 18.2 Å². The van der Waals surface area contributed by atoms with Gasteiger partial charge in [-0.3, -0.25) is 0 Å². The fraction of sp³-hybridized carbons (Fsp3) is 0.611. The Bertz CT molecular complexity index is 679. The van der Waals surface area contributed by atoms with E-state index in [0.717, 1.165) is 13.0 Å². The first-order chi connectivity index (χ1) is 11.6. The SMILES string of the molecule is CCNC(=NCc1ccccc1S(=O)(=O)NC(C)(C)C)NC(C)CC. The van der Waals surface area contributed by atoms with Gasteiger partial charge in [0.1, 0.15) is 0 Å². The van der Waals surface area contributed by atoms with Gasteiger partial charge in [-0.05, 0) is 52.7 Å². The second kappa shape index (κ2) is 9.20. The Morgan fingerprint density at radius 2 is 1.84 bits per heavy atom. The largest absolute Gasteiger partial charge is 0.357 e. The molecule has 25 heavy (non-hydrogen) atoms. The van der Waals surface area contributed by atoms with Crippen molar-refractivity contribution >= 4 is 16.0 Å². The zero-order chi connectivity index (χ0) is 19.1. The number of nitrogens with one attached hydrogen (secondary N) is 3. The maximum Gasteiger partial charge on any atom is 0.241 e. The van der Waals surface area contributed by atoms with Gasteiger partial charge in [-0.25, -0.2) is 18.1 Å². The van der Waals surface area contributed by atoms with E-state index < -0.39 is 15.6 Å². The number of rotatable bonds is 7. The molecule has 0 fully saturated rings. The number of hydrogen-bond acceptors (Lipinski definition) is 3. The van der Waals surface area contributed by atoms with Crippen molar-refractivity contribution in [2.24, 2.45) is 4.99 Å². The molecule has 0 saturated heterocycles. The Morgan fingerprint density at radius 1 is 1.20 bits per heavy atom. The van der Waals surface area contributed by atoms with Gasteiger partial charge in [-0.1, -0.05) is 25.1 Å².